The first-order valence-electron chi connectivity index (χ1n) is 7.31. The molecule has 1 aliphatic heterocycles. The van der Waals surface area contributed by atoms with Crippen LogP contribution in [0.2, 0.25) is 0 Å². The molecular weight excluding hydrogens is 324 g/mol. The number of sulfone groups is 1. The zero-order chi connectivity index (χ0) is 16.4. The Morgan fingerprint density at radius 3 is 2.77 bits per heavy atom. The lowest BCUT2D eigenvalue weighted by Crippen LogP contribution is -2.48. The molecule has 2 rings (SSSR count). The van der Waals surface area contributed by atoms with Gasteiger partial charge in [-0.25, -0.2) is 18.2 Å². The first kappa shape index (κ1) is 17.2. The number of carbonyl (C=O) groups is 1. The molecular formula is C14H22N2O4S2. The zero-order valence-electron chi connectivity index (χ0n) is 13.1. The fourth-order valence-corrected chi connectivity index (χ4v) is 4.96. The summed E-state index contributed by atoms with van der Waals surface area (Å²) in [4.78, 5) is 17.7. The SMILES string of the molecule is CC(C)(C)OC(=O)N1CCCC[C@@H]1CS(=O)(=O)c1nccs1. The molecule has 8 heteroatoms. The summed E-state index contributed by atoms with van der Waals surface area (Å²) in [6.07, 6.45) is 3.49. The summed E-state index contributed by atoms with van der Waals surface area (Å²) in [7, 11) is -3.47. The average Bonchev–Trinajstić information content (AvgIpc) is 2.91. The van der Waals surface area contributed by atoms with Gasteiger partial charge in [-0.1, -0.05) is 0 Å². The van der Waals surface area contributed by atoms with E-state index in [1.807, 2.05) is 0 Å². The summed E-state index contributed by atoms with van der Waals surface area (Å²) in [6, 6.07) is -0.350. The summed E-state index contributed by atoms with van der Waals surface area (Å²) in [5.41, 5.74) is -0.590. The minimum atomic E-state index is -3.47. The standard InChI is InChI=1S/C14H22N2O4S2/c1-14(2,3)20-13(17)16-8-5-4-6-11(16)10-22(18,19)12-15-7-9-21-12/h7,9,11H,4-6,8,10H2,1-3H3/t11-/m1/s1. The van der Waals surface area contributed by atoms with Crippen LogP contribution in [0.15, 0.2) is 15.9 Å². The van der Waals surface area contributed by atoms with E-state index in [9.17, 15) is 13.2 Å². The summed E-state index contributed by atoms with van der Waals surface area (Å²) >= 11 is 1.10. The molecule has 6 nitrogen and oxygen atoms in total. The van der Waals surface area contributed by atoms with Crippen LogP contribution in [0.25, 0.3) is 0 Å². The second kappa shape index (κ2) is 6.54. The third-order valence-electron chi connectivity index (χ3n) is 3.34. The average molecular weight is 346 g/mol. The maximum absolute atomic E-state index is 12.4. The molecule has 0 unspecified atom stereocenters. The van der Waals surface area contributed by atoms with Crippen LogP contribution in [0.4, 0.5) is 4.79 Å². The van der Waals surface area contributed by atoms with E-state index in [0.29, 0.717) is 13.0 Å². The van der Waals surface area contributed by atoms with Crippen LogP contribution < -0.4 is 0 Å². The van der Waals surface area contributed by atoms with Crippen LogP contribution in [-0.4, -0.2) is 48.3 Å². The second-order valence-electron chi connectivity index (χ2n) is 6.40. The van der Waals surface area contributed by atoms with Crippen molar-refractivity contribution in [3.05, 3.63) is 11.6 Å². The van der Waals surface area contributed by atoms with Gasteiger partial charge in [0.1, 0.15) is 5.60 Å². The van der Waals surface area contributed by atoms with Gasteiger partial charge in [0.15, 0.2) is 0 Å². The Morgan fingerprint density at radius 2 is 2.18 bits per heavy atom. The summed E-state index contributed by atoms with van der Waals surface area (Å²) in [5.74, 6) is -0.0975. The number of amides is 1. The van der Waals surface area contributed by atoms with Crippen molar-refractivity contribution in [2.75, 3.05) is 12.3 Å². The van der Waals surface area contributed by atoms with Crippen LogP contribution in [0.5, 0.6) is 0 Å². The monoisotopic (exact) mass is 346 g/mol. The third-order valence-corrected chi connectivity index (χ3v) is 6.42. The van der Waals surface area contributed by atoms with Gasteiger partial charge in [0.05, 0.1) is 5.75 Å². The second-order valence-corrected chi connectivity index (χ2v) is 9.51. The molecule has 0 aromatic carbocycles. The van der Waals surface area contributed by atoms with Crippen LogP contribution >= 0.6 is 11.3 Å². The lowest BCUT2D eigenvalue weighted by atomic mass is 10.0. The lowest BCUT2D eigenvalue weighted by molar-refractivity contribution is 0.0124. The Kier molecular flexibility index (Phi) is 5.11. The highest BCUT2D eigenvalue weighted by atomic mass is 32.2. The van der Waals surface area contributed by atoms with Crippen LogP contribution in [0, 0.1) is 0 Å². The number of thiazole rings is 1. The molecule has 124 valence electrons. The number of aromatic nitrogens is 1. The van der Waals surface area contributed by atoms with E-state index in [1.54, 1.807) is 31.1 Å². The van der Waals surface area contributed by atoms with Crippen molar-refractivity contribution in [3.63, 3.8) is 0 Å². The zero-order valence-corrected chi connectivity index (χ0v) is 14.7. The predicted octanol–water partition coefficient (Wildman–Crippen LogP) is 2.71. The molecule has 0 spiro atoms. The third kappa shape index (κ3) is 4.42. The maximum Gasteiger partial charge on any atom is 0.410 e. The minimum absolute atomic E-state index is 0.0975. The van der Waals surface area contributed by atoms with Crippen molar-refractivity contribution in [1.29, 1.82) is 0 Å². The number of hydrogen-bond acceptors (Lipinski definition) is 6. The molecule has 0 N–H and O–H groups in total. The van der Waals surface area contributed by atoms with Crippen LogP contribution in [-0.2, 0) is 14.6 Å². The highest BCUT2D eigenvalue weighted by molar-refractivity contribution is 7.93. The molecule has 1 saturated heterocycles. The summed E-state index contributed by atoms with van der Waals surface area (Å²) < 4.78 is 30.3. The molecule has 0 bridgehead atoms. The molecule has 1 aromatic rings. The first-order chi connectivity index (χ1) is 10.2. The topological polar surface area (TPSA) is 76.6 Å². The highest BCUT2D eigenvalue weighted by Gasteiger charge is 2.34. The fourth-order valence-electron chi connectivity index (χ4n) is 2.42. The van der Waals surface area contributed by atoms with E-state index in [4.69, 9.17) is 4.74 Å². The molecule has 0 saturated carbocycles. The van der Waals surface area contributed by atoms with Gasteiger partial charge in [-0.3, -0.25) is 0 Å². The minimum Gasteiger partial charge on any atom is -0.444 e. The van der Waals surface area contributed by atoms with Crippen molar-refractivity contribution in [2.45, 2.75) is 56.0 Å². The molecule has 1 fully saturated rings. The number of nitrogens with zero attached hydrogens (tertiary/aromatic N) is 2. The van der Waals surface area contributed by atoms with E-state index in [0.717, 1.165) is 24.2 Å². The largest absolute Gasteiger partial charge is 0.444 e. The molecule has 22 heavy (non-hydrogen) atoms. The van der Waals surface area contributed by atoms with Gasteiger partial charge in [-0.05, 0) is 40.0 Å². The number of carbonyl (C=O) groups excluding carboxylic acids is 1. The number of piperidine rings is 1. The summed E-state index contributed by atoms with van der Waals surface area (Å²) in [6.45, 7) is 5.94. The normalized spacial score (nSPS) is 20.0. The van der Waals surface area contributed by atoms with Crippen molar-refractivity contribution in [2.24, 2.45) is 0 Å². The Hall–Kier alpha value is -1.15. The van der Waals surface area contributed by atoms with Gasteiger partial charge in [0, 0.05) is 24.2 Å². The Balaban J connectivity index is 2.12. The molecule has 0 radical (unpaired) electrons. The van der Waals surface area contributed by atoms with E-state index < -0.39 is 21.5 Å². The van der Waals surface area contributed by atoms with E-state index >= 15 is 0 Å². The van der Waals surface area contributed by atoms with Crippen molar-refractivity contribution in [1.82, 2.24) is 9.88 Å². The number of likely N-dealkylation sites (tertiary alicyclic amines) is 1. The predicted molar refractivity (Wildman–Crippen MR) is 84.7 cm³/mol. The molecule has 0 aliphatic carbocycles. The first-order valence-corrected chi connectivity index (χ1v) is 9.84. The Bertz CT molecular complexity index is 605. The quantitative estimate of drug-likeness (QED) is 0.841. The Labute approximate surface area is 135 Å². The highest BCUT2D eigenvalue weighted by Crippen LogP contribution is 2.24. The van der Waals surface area contributed by atoms with E-state index in [1.165, 1.54) is 6.20 Å². The van der Waals surface area contributed by atoms with E-state index in [2.05, 4.69) is 4.98 Å². The van der Waals surface area contributed by atoms with Crippen LogP contribution in [0.1, 0.15) is 40.0 Å². The molecule has 1 amide bonds. The van der Waals surface area contributed by atoms with Gasteiger partial charge in [-0.15, -0.1) is 11.3 Å². The van der Waals surface area contributed by atoms with Crippen molar-refractivity contribution >= 4 is 27.3 Å². The molecule has 1 atom stereocenters. The molecule has 1 aliphatic rings. The lowest BCUT2D eigenvalue weighted by Gasteiger charge is -2.36. The van der Waals surface area contributed by atoms with Crippen molar-refractivity contribution < 1.29 is 17.9 Å². The number of ether oxygens (including phenoxy) is 1. The van der Waals surface area contributed by atoms with Gasteiger partial charge in [0.2, 0.25) is 14.2 Å². The maximum atomic E-state index is 12.4. The van der Waals surface area contributed by atoms with E-state index in [-0.39, 0.29) is 16.1 Å². The Morgan fingerprint density at radius 1 is 1.45 bits per heavy atom. The molecule has 1 aromatic heterocycles. The van der Waals surface area contributed by atoms with Crippen LogP contribution in [0.3, 0.4) is 0 Å². The fraction of sp³-hybridized carbons (Fsp3) is 0.714. The summed E-state index contributed by atoms with van der Waals surface area (Å²) in [5, 5.41) is 1.64. The molecule has 2 heterocycles. The van der Waals surface area contributed by atoms with Crippen molar-refractivity contribution in [3.8, 4) is 0 Å². The number of hydrogen-bond donors (Lipinski definition) is 0. The van der Waals surface area contributed by atoms with Gasteiger partial charge < -0.3 is 9.64 Å². The van der Waals surface area contributed by atoms with Gasteiger partial charge >= 0.3 is 6.09 Å². The number of rotatable bonds is 3. The van der Waals surface area contributed by atoms with Gasteiger partial charge in [0.25, 0.3) is 0 Å². The van der Waals surface area contributed by atoms with Gasteiger partial charge in [-0.2, -0.15) is 0 Å². The smallest absolute Gasteiger partial charge is 0.410 e.